The molecule has 0 radical (unpaired) electrons. The molecule has 0 aromatic rings. The summed E-state index contributed by atoms with van der Waals surface area (Å²) in [5.74, 6) is 0. The first kappa shape index (κ1) is 15.9. The van der Waals surface area contributed by atoms with E-state index in [1.165, 1.54) is 24.8 Å². The van der Waals surface area contributed by atoms with Crippen LogP contribution in [0.4, 0.5) is 0 Å². The van der Waals surface area contributed by atoms with Gasteiger partial charge < -0.3 is 13.3 Å². The standard InChI is InChI=1S/C14H28O3Si/c1-5-15-18(7-3,16-6-2)17-13(4)14-11-9-8-10-12-14/h11,13H,5-10,12H2,1-4H3. The Morgan fingerprint density at radius 1 is 1.17 bits per heavy atom. The quantitative estimate of drug-likeness (QED) is 0.495. The summed E-state index contributed by atoms with van der Waals surface area (Å²) in [5, 5.41) is 0. The van der Waals surface area contributed by atoms with Crippen molar-refractivity contribution in [2.75, 3.05) is 13.2 Å². The first-order valence-corrected chi connectivity index (χ1v) is 9.25. The Kier molecular flexibility index (Phi) is 7.15. The van der Waals surface area contributed by atoms with E-state index in [4.69, 9.17) is 13.3 Å². The first-order chi connectivity index (χ1) is 8.67. The number of hydrogen-bond acceptors (Lipinski definition) is 3. The smallest absolute Gasteiger partial charge is 0.374 e. The molecule has 3 nitrogen and oxygen atoms in total. The van der Waals surface area contributed by atoms with Crippen LogP contribution >= 0.6 is 0 Å². The lowest BCUT2D eigenvalue weighted by atomic mass is 9.96. The van der Waals surface area contributed by atoms with Gasteiger partial charge in [-0.1, -0.05) is 13.0 Å². The molecule has 1 rings (SSSR count). The first-order valence-electron chi connectivity index (χ1n) is 7.32. The van der Waals surface area contributed by atoms with Gasteiger partial charge in [0.25, 0.3) is 0 Å². The summed E-state index contributed by atoms with van der Waals surface area (Å²) in [6.45, 7) is 9.55. The van der Waals surface area contributed by atoms with Crippen molar-refractivity contribution in [3.8, 4) is 0 Å². The van der Waals surface area contributed by atoms with Crippen LogP contribution in [0.2, 0.25) is 6.04 Å². The second kappa shape index (κ2) is 8.10. The van der Waals surface area contributed by atoms with E-state index in [9.17, 15) is 0 Å². The van der Waals surface area contributed by atoms with Crippen LogP contribution in [0, 0.1) is 0 Å². The van der Waals surface area contributed by atoms with E-state index in [0.717, 1.165) is 12.5 Å². The summed E-state index contributed by atoms with van der Waals surface area (Å²) in [6.07, 6.45) is 7.41. The fraction of sp³-hybridized carbons (Fsp3) is 0.857. The minimum Gasteiger partial charge on any atom is -0.374 e. The number of hydrogen-bond donors (Lipinski definition) is 0. The zero-order valence-electron chi connectivity index (χ0n) is 12.3. The monoisotopic (exact) mass is 272 g/mol. The van der Waals surface area contributed by atoms with Crippen molar-refractivity contribution in [3.05, 3.63) is 11.6 Å². The van der Waals surface area contributed by atoms with Crippen molar-refractivity contribution in [3.63, 3.8) is 0 Å². The van der Waals surface area contributed by atoms with Crippen molar-refractivity contribution in [2.24, 2.45) is 0 Å². The Hall–Kier alpha value is -0.163. The lowest BCUT2D eigenvalue weighted by Crippen LogP contribution is -2.47. The van der Waals surface area contributed by atoms with Crippen LogP contribution in [0.25, 0.3) is 0 Å². The summed E-state index contributed by atoms with van der Waals surface area (Å²) in [5.41, 5.74) is 1.42. The summed E-state index contributed by atoms with van der Waals surface area (Å²) in [4.78, 5) is 0. The fourth-order valence-corrected chi connectivity index (χ4v) is 4.78. The van der Waals surface area contributed by atoms with Gasteiger partial charge in [-0.05, 0) is 52.0 Å². The van der Waals surface area contributed by atoms with E-state index >= 15 is 0 Å². The minimum atomic E-state index is -2.46. The average molecular weight is 272 g/mol. The lowest BCUT2D eigenvalue weighted by Gasteiger charge is -2.32. The third-order valence-electron chi connectivity index (χ3n) is 3.37. The molecule has 106 valence electrons. The normalized spacial score (nSPS) is 18.6. The molecule has 4 heteroatoms. The van der Waals surface area contributed by atoms with Gasteiger partial charge in [0.05, 0.1) is 6.10 Å². The van der Waals surface area contributed by atoms with Crippen LogP contribution in [0.3, 0.4) is 0 Å². The fourth-order valence-electron chi connectivity index (χ4n) is 2.41. The molecule has 0 heterocycles. The molecule has 0 aromatic heterocycles. The highest BCUT2D eigenvalue weighted by molar-refractivity contribution is 6.60. The Balaban J connectivity index is 2.65. The van der Waals surface area contributed by atoms with Crippen LogP contribution in [0.1, 0.15) is 53.4 Å². The van der Waals surface area contributed by atoms with Crippen LogP contribution in [0.5, 0.6) is 0 Å². The molecule has 0 amide bonds. The Morgan fingerprint density at radius 3 is 2.28 bits per heavy atom. The van der Waals surface area contributed by atoms with E-state index in [1.54, 1.807) is 0 Å². The predicted octanol–water partition coefficient (Wildman–Crippen LogP) is 3.92. The third kappa shape index (κ3) is 4.50. The summed E-state index contributed by atoms with van der Waals surface area (Å²) in [7, 11) is -2.46. The van der Waals surface area contributed by atoms with Crippen molar-refractivity contribution in [1.29, 1.82) is 0 Å². The van der Waals surface area contributed by atoms with Gasteiger partial charge in [-0.2, -0.15) is 0 Å². The summed E-state index contributed by atoms with van der Waals surface area (Å²) >= 11 is 0. The molecule has 0 saturated carbocycles. The van der Waals surface area contributed by atoms with Gasteiger partial charge in [0.1, 0.15) is 0 Å². The van der Waals surface area contributed by atoms with E-state index in [1.807, 2.05) is 13.8 Å². The number of rotatable bonds is 8. The lowest BCUT2D eigenvalue weighted by molar-refractivity contribution is 0.0489. The molecule has 1 atom stereocenters. The maximum Gasteiger partial charge on any atom is 0.501 e. The van der Waals surface area contributed by atoms with Crippen molar-refractivity contribution in [2.45, 2.75) is 65.5 Å². The highest BCUT2D eigenvalue weighted by Crippen LogP contribution is 2.26. The molecule has 18 heavy (non-hydrogen) atoms. The van der Waals surface area contributed by atoms with Crippen LogP contribution in [-0.4, -0.2) is 28.1 Å². The Morgan fingerprint density at radius 2 is 1.83 bits per heavy atom. The van der Waals surface area contributed by atoms with Crippen molar-refractivity contribution >= 4 is 8.80 Å². The topological polar surface area (TPSA) is 27.7 Å². The predicted molar refractivity (Wildman–Crippen MR) is 76.6 cm³/mol. The largest absolute Gasteiger partial charge is 0.501 e. The molecule has 1 aliphatic carbocycles. The molecule has 0 bridgehead atoms. The third-order valence-corrected chi connectivity index (χ3v) is 6.40. The second-order valence-corrected chi connectivity index (χ2v) is 7.57. The molecular formula is C14H28O3Si. The maximum absolute atomic E-state index is 6.23. The van der Waals surface area contributed by atoms with Gasteiger partial charge in [0.15, 0.2) is 0 Å². The van der Waals surface area contributed by atoms with Crippen LogP contribution in [0.15, 0.2) is 11.6 Å². The van der Waals surface area contributed by atoms with Gasteiger partial charge in [-0.15, -0.1) is 0 Å². The molecular weight excluding hydrogens is 244 g/mol. The molecule has 0 aliphatic heterocycles. The van der Waals surface area contributed by atoms with E-state index in [-0.39, 0.29) is 6.10 Å². The van der Waals surface area contributed by atoms with Gasteiger partial charge in [0, 0.05) is 19.3 Å². The van der Waals surface area contributed by atoms with E-state index < -0.39 is 8.80 Å². The summed E-state index contributed by atoms with van der Waals surface area (Å²) < 4.78 is 17.9. The number of allylic oxidation sites excluding steroid dienone is 1. The highest BCUT2D eigenvalue weighted by Gasteiger charge is 2.40. The molecule has 0 aromatic carbocycles. The molecule has 0 fully saturated rings. The summed E-state index contributed by atoms with van der Waals surface area (Å²) in [6, 6.07) is 0.840. The Labute approximate surface area is 113 Å². The molecule has 0 N–H and O–H groups in total. The maximum atomic E-state index is 6.23. The molecule has 1 aliphatic rings. The van der Waals surface area contributed by atoms with E-state index in [0.29, 0.717) is 13.2 Å². The van der Waals surface area contributed by atoms with Crippen molar-refractivity contribution < 1.29 is 13.3 Å². The van der Waals surface area contributed by atoms with Gasteiger partial charge in [0.2, 0.25) is 0 Å². The zero-order chi connectivity index (χ0) is 13.4. The van der Waals surface area contributed by atoms with Crippen LogP contribution in [-0.2, 0) is 13.3 Å². The second-order valence-electron chi connectivity index (χ2n) is 4.69. The zero-order valence-corrected chi connectivity index (χ0v) is 13.3. The average Bonchev–Trinajstić information content (AvgIpc) is 2.40. The van der Waals surface area contributed by atoms with Gasteiger partial charge in [-0.3, -0.25) is 0 Å². The SMILES string of the molecule is CCO[Si](CC)(OCC)OC(C)C1=CCCCC1. The van der Waals surface area contributed by atoms with Gasteiger partial charge in [-0.25, -0.2) is 0 Å². The van der Waals surface area contributed by atoms with Gasteiger partial charge >= 0.3 is 8.80 Å². The molecule has 0 saturated heterocycles. The molecule has 0 spiro atoms. The van der Waals surface area contributed by atoms with Crippen LogP contribution < -0.4 is 0 Å². The molecule has 1 unspecified atom stereocenters. The highest BCUT2D eigenvalue weighted by atomic mass is 28.4. The van der Waals surface area contributed by atoms with E-state index in [2.05, 4.69) is 19.9 Å². The Bertz CT molecular complexity index is 260. The van der Waals surface area contributed by atoms with Crippen molar-refractivity contribution in [1.82, 2.24) is 0 Å². The minimum absolute atomic E-state index is 0.134.